The third-order valence-corrected chi connectivity index (χ3v) is 5.64. The molecule has 0 unspecified atom stereocenters. The van der Waals surface area contributed by atoms with E-state index in [0.717, 1.165) is 25.9 Å². The van der Waals surface area contributed by atoms with Crippen molar-refractivity contribution in [2.45, 2.75) is 71.1 Å². The van der Waals surface area contributed by atoms with Crippen molar-refractivity contribution in [3.63, 3.8) is 0 Å². The molecule has 0 saturated heterocycles. The summed E-state index contributed by atoms with van der Waals surface area (Å²) in [7, 11) is 0. The fourth-order valence-corrected chi connectivity index (χ4v) is 4.30. The zero-order valence-electron chi connectivity index (χ0n) is 15.1. The number of rotatable bonds is 6. The Kier molecular flexibility index (Phi) is 5.47. The Labute approximate surface area is 148 Å². The molecule has 1 spiro atoms. The topological polar surface area (TPSA) is 80.6 Å². The van der Waals surface area contributed by atoms with Gasteiger partial charge < -0.3 is 19.8 Å². The lowest BCUT2D eigenvalue weighted by molar-refractivity contribution is -0.147. The van der Waals surface area contributed by atoms with Crippen molar-refractivity contribution in [2.24, 2.45) is 5.41 Å². The number of carbonyl (C=O) groups excluding carboxylic acids is 2. The van der Waals surface area contributed by atoms with Crippen LogP contribution in [0.25, 0.3) is 0 Å². The minimum Gasteiger partial charge on any atom is -0.454 e. The van der Waals surface area contributed by atoms with E-state index in [9.17, 15) is 9.59 Å². The average Bonchev–Trinajstić information content (AvgIpc) is 3.09. The molecule has 2 fully saturated rings. The molecule has 1 aromatic heterocycles. The van der Waals surface area contributed by atoms with E-state index in [2.05, 4.69) is 10.6 Å². The van der Waals surface area contributed by atoms with Gasteiger partial charge in [-0.15, -0.1) is 0 Å². The standard InChI is InChI=1S/C19H28N2O4/c1-3-24-17-11-16(19(17)9-5-4-6-10-19)21-18(23)15-8-7-14(25-15)12-20-13(2)22/h7-8,16-17H,3-6,9-12H2,1-2H3,(H,20,22)(H,21,23)/t16-,17+/m0/s1. The second-order valence-electron chi connectivity index (χ2n) is 7.18. The van der Waals surface area contributed by atoms with Crippen molar-refractivity contribution in [2.75, 3.05) is 6.61 Å². The van der Waals surface area contributed by atoms with E-state index < -0.39 is 0 Å². The molecule has 6 nitrogen and oxygen atoms in total. The summed E-state index contributed by atoms with van der Waals surface area (Å²) in [5, 5.41) is 5.82. The van der Waals surface area contributed by atoms with E-state index >= 15 is 0 Å². The first kappa shape index (κ1) is 18.0. The molecule has 2 amide bonds. The van der Waals surface area contributed by atoms with Crippen LogP contribution < -0.4 is 10.6 Å². The molecule has 1 aromatic rings. The number of nitrogens with one attached hydrogen (secondary N) is 2. The van der Waals surface area contributed by atoms with Crippen molar-refractivity contribution in [1.82, 2.24) is 10.6 Å². The summed E-state index contributed by atoms with van der Waals surface area (Å²) in [5.74, 6) is 0.566. The van der Waals surface area contributed by atoms with Gasteiger partial charge in [-0.3, -0.25) is 9.59 Å². The summed E-state index contributed by atoms with van der Waals surface area (Å²) in [6, 6.07) is 3.55. The van der Waals surface area contributed by atoms with Gasteiger partial charge in [0.1, 0.15) is 5.76 Å². The third kappa shape index (κ3) is 3.73. The van der Waals surface area contributed by atoms with Crippen molar-refractivity contribution in [1.29, 1.82) is 0 Å². The zero-order valence-corrected chi connectivity index (χ0v) is 15.1. The molecule has 25 heavy (non-hydrogen) atoms. The third-order valence-electron chi connectivity index (χ3n) is 5.64. The fraction of sp³-hybridized carbons (Fsp3) is 0.684. The first-order chi connectivity index (χ1) is 12.0. The molecular weight excluding hydrogens is 320 g/mol. The van der Waals surface area contributed by atoms with Crippen LogP contribution in [0.4, 0.5) is 0 Å². The molecular formula is C19H28N2O4. The van der Waals surface area contributed by atoms with E-state index in [1.807, 2.05) is 6.92 Å². The van der Waals surface area contributed by atoms with E-state index in [1.54, 1.807) is 12.1 Å². The molecule has 2 N–H and O–H groups in total. The highest BCUT2D eigenvalue weighted by molar-refractivity contribution is 5.91. The van der Waals surface area contributed by atoms with Gasteiger partial charge in [-0.25, -0.2) is 0 Å². The highest BCUT2D eigenvalue weighted by Crippen LogP contribution is 2.53. The molecule has 2 aliphatic carbocycles. The van der Waals surface area contributed by atoms with Crippen molar-refractivity contribution in [3.05, 3.63) is 23.7 Å². The van der Waals surface area contributed by atoms with Gasteiger partial charge in [0.05, 0.1) is 12.6 Å². The lowest BCUT2D eigenvalue weighted by atomic mass is 9.55. The summed E-state index contributed by atoms with van der Waals surface area (Å²) < 4.78 is 11.5. The van der Waals surface area contributed by atoms with Gasteiger partial charge in [0.25, 0.3) is 5.91 Å². The lowest BCUT2D eigenvalue weighted by Gasteiger charge is -2.57. The number of carbonyl (C=O) groups is 2. The molecule has 3 rings (SSSR count). The molecule has 1 heterocycles. The first-order valence-electron chi connectivity index (χ1n) is 9.31. The largest absolute Gasteiger partial charge is 0.454 e. The van der Waals surface area contributed by atoms with Crippen molar-refractivity contribution in [3.8, 4) is 0 Å². The van der Waals surface area contributed by atoms with Crippen LogP contribution in [0.2, 0.25) is 0 Å². The molecule has 6 heteroatoms. The number of furan rings is 1. The van der Waals surface area contributed by atoms with Crippen LogP contribution in [0.5, 0.6) is 0 Å². The van der Waals surface area contributed by atoms with Gasteiger partial charge in [0, 0.05) is 25.0 Å². The maximum absolute atomic E-state index is 12.6. The number of hydrogen-bond donors (Lipinski definition) is 2. The Balaban J connectivity index is 1.61. The molecule has 2 atom stereocenters. The first-order valence-corrected chi connectivity index (χ1v) is 9.31. The Hall–Kier alpha value is -1.82. The number of ether oxygens (including phenoxy) is 1. The van der Waals surface area contributed by atoms with Crippen LogP contribution in [0.15, 0.2) is 16.5 Å². The molecule has 2 aliphatic rings. The van der Waals surface area contributed by atoms with Crippen molar-refractivity contribution >= 4 is 11.8 Å². The predicted molar refractivity (Wildman–Crippen MR) is 93.0 cm³/mol. The quantitative estimate of drug-likeness (QED) is 0.828. The van der Waals surface area contributed by atoms with Gasteiger partial charge >= 0.3 is 0 Å². The summed E-state index contributed by atoms with van der Waals surface area (Å²) in [6.45, 7) is 4.49. The molecule has 138 valence electrons. The van der Waals surface area contributed by atoms with Crippen molar-refractivity contribution < 1.29 is 18.7 Å². The summed E-state index contributed by atoms with van der Waals surface area (Å²) in [6.07, 6.45) is 7.05. The van der Waals surface area contributed by atoms with Gasteiger partial charge in [0.2, 0.25) is 5.91 Å². The smallest absolute Gasteiger partial charge is 0.287 e. The molecule has 0 aromatic carbocycles. The fourth-order valence-electron chi connectivity index (χ4n) is 4.30. The Morgan fingerprint density at radius 1 is 1.28 bits per heavy atom. The second kappa shape index (κ2) is 7.60. The Morgan fingerprint density at radius 3 is 2.72 bits per heavy atom. The van der Waals surface area contributed by atoms with E-state index in [4.69, 9.17) is 9.15 Å². The minimum atomic E-state index is -0.182. The lowest BCUT2D eigenvalue weighted by Crippen LogP contribution is -2.65. The molecule has 2 saturated carbocycles. The summed E-state index contributed by atoms with van der Waals surface area (Å²) >= 11 is 0. The summed E-state index contributed by atoms with van der Waals surface area (Å²) in [4.78, 5) is 23.5. The SMILES string of the molecule is CCO[C@@H]1C[C@H](NC(=O)c2ccc(CNC(C)=O)o2)C12CCCCC2. The Bertz CT molecular complexity index is 619. The monoisotopic (exact) mass is 348 g/mol. The van der Waals surface area contributed by atoms with Crippen LogP contribution in [-0.4, -0.2) is 30.6 Å². The van der Waals surface area contributed by atoms with Gasteiger partial charge in [-0.1, -0.05) is 19.3 Å². The highest BCUT2D eigenvalue weighted by Gasteiger charge is 2.56. The van der Waals surface area contributed by atoms with Crippen LogP contribution in [0.1, 0.15) is 68.7 Å². The molecule has 0 aliphatic heterocycles. The summed E-state index contributed by atoms with van der Waals surface area (Å²) in [5.41, 5.74) is 0.0928. The van der Waals surface area contributed by atoms with Gasteiger partial charge in [0.15, 0.2) is 5.76 Å². The maximum atomic E-state index is 12.6. The number of amides is 2. The normalized spacial score (nSPS) is 24.6. The maximum Gasteiger partial charge on any atom is 0.287 e. The molecule has 0 radical (unpaired) electrons. The van der Waals surface area contributed by atoms with E-state index in [1.165, 1.54) is 26.2 Å². The van der Waals surface area contributed by atoms with E-state index in [0.29, 0.717) is 18.1 Å². The number of hydrogen-bond acceptors (Lipinski definition) is 4. The van der Waals surface area contributed by atoms with Crippen LogP contribution in [0.3, 0.4) is 0 Å². The van der Waals surface area contributed by atoms with Gasteiger partial charge in [-0.05, 0) is 38.3 Å². The Morgan fingerprint density at radius 2 is 2.04 bits per heavy atom. The van der Waals surface area contributed by atoms with E-state index in [-0.39, 0.29) is 29.4 Å². The van der Waals surface area contributed by atoms with Gasteiger partial charge in [-0.2, -0.15) is 0 Å². The predicted octanol–water partition coefficient (Wildman–Crippen LogP) is 2.77. The van der Waals surface area contributed by atoms with Crippen LogP contribution in [0, 0.1) is 5.41 Å². The minimum absolute atomic E-state index is 0.0928. The van der Waals surface area contributed by atoms with Crippen LogP contribution >= 0.6 is 0 Å². The highest BCUT2D eigenvalue weighted by atomic mass is 16.5. The molecule has 0 bridgehead atoms. The second-order valence-corrected chi connectivity index (χ2v) is 7.18. The zero-order chi connectivity index (χ0) is 17.9. The average molecular weight is 348 g/mol. The van der Waals surface area contributed by atoms with Crippen LogP contribution in [-0.2, 0) is 16.1 Å².